The summed E-state index contributed by atoms with van der Waals surface area (Å²) in [4.78, 5) is 46.1. The Morgan fingerprint density at radius 3 is 2.70 bits per heavy atom. The normalized spacial score (nSPS) is 26.1. The molecule has 9 nitrogen and oxygen atoms in total. The van der Waals surface area contributed by atoms with Crippen molar-refractivity contribution in [2.75, 3.05) is 13.2 Å². The maximum absolute atomic E-state index is 13.1. The quantitative estimate of drug-likeness (QED) is 0.263. The number of ether oxygens (including phenoxy) is 1. The number of amides is 2. The number of hydrogen-bond donors (Lipinski definition) is 1. The van der Waals surface area contributed by atoms with Crippen LogP contribution in [0.3, 0.4) is 0 Å². The summed E-state index contributed by atoms with van der Waals surface area (Å²) in [7, 11) is -1.87. The van der Waals surface area contributed by atoms with Gasteiger partial charge in [-0.1, -0.05) is 37.4 Å². The Morgan fingerprint density at radius 2 is 2.08 bits per heavy atom. The van der Waals surface area contributed by atoms with Crippen LogP contribution in [0.2, 0.25) is 19.6 Å². The van der Waals surface area contributed by atoms with Gasteiger partial charge in [-0.05, 0) is 39.1 Å². The lowest BCUT2D eigenvalue weighted by atomic mass is 9.79. The summed E-state index contributed by atoms with van der Waals surface area (Å²) in [6, 6.07) is -0.441. The maximum atomic E-state index is 13.1. The van der Waals surface area contributed by atoms with Crippen molar-refractivity contribution in [1.29, 1.82) is 0 Å². The van der Waals surface area contributed by atoms with Crippen LogP contribution in [0, 0.1) is 11.8 Å². The fraction of sp³-hybridized carbons (Fsp3) is 0.520. The minimum absolute atomic E-state index is 0.0466. The van der Waals surface area contributed by atoms with E-state index in [0.717, 1.165) is 11.3 Å². The van der Waals surface area contributed by atoms with Crippen LogP contribution in [0.5, 0.6) is 0 Å². The zero-order chi connectivity index (χ0) is 27.2. The summed E-state index contributed by atoms with van der Waals surface area (Å²) >= 11 is 2.72. The van der Waals surface area contributed by atoms with E-state index in [-0.39, 0.29) is 48.2 Å². The lowest BCUT2D eigenvalue weighted by molar-refractivity contribution is -0.162. The van der Waals surface area contributed by atoms with Gasteiger partial charge >= 0.3 is 12.1 Å². The Hall–Kier alpha value is -2.41. The number of nitrogens with zero attached hydrogens (tertiary/aromatic N) is 3. The molecule has 0 bridgehead atoms. The van der Waals surface area contributed by atoms with Gasteiger partial charge in [0.05, 0.1) is 29.8 Å². The summed E-state index contributed by atoms with van der Waals surface area (Å²) in [6.07, 6.45) is 2.80. The average Bonchev–Trinajstić information content (AvgIpc) is 3.47. The van der Waals surface area contributed by atoms with E-state index in [0.29, 0.717) is 15.8 Å². The Kier molecular flexibility index (Phi) is 7.76. The predicted octanol–water partition coefficient (Wildman–Crippen LogP) is 4.66. The topological polar surface area (TPSA) is 109 Å². The van der Waals surface area contributed by atoms with E-state index in [4.69, 9.17) is 14.1 Å². The first-order valence-corrected chi connectivity index (χ1v) is 17.3. The molecule has 4 heterocycles. The summed E-state index contributed by atoms with van der Waals surface area (Å²) in [6.45, 7) is 16.2. The predicted molar refractivity (Wildman–Crippen MR) is 146 cm³/mol. The van der Waals surface area contributed by atoms with Crippen molar-refractivity contribution in [2.24, 2.45) is 11.8 Å². The van der Waals surface area contributed by atoms with Gasteiger partial charge in [0.25, 0.3) is 0 Å². The van der Waals surface area contributed by atoms with Crippen LogP contribution >= 0.6 is 23.1 Å². The van der Waals surface area contributed by atoms with Crippen LogP contribution in [-0.2, 0) is 18.8 Å². The number of carboxylic acids is 1. The average molecular weight is 564 g/mol. The number of thiazole rings is 1. The number of thioether (sulfide) groups is 1. The number of carbonyl (C=O) groups is 3. The zero-order valence-corrected chi connectivity index (χ0v) is 24.5. The van der Waals surface area contributed by atoms with Gasteiger partial charge in [0.1, 0.15) is 12.3 Å². The number of carbonyl (C=O) groups excluding carboxylic acids is 2. The van der Waals surface area contributed by atoms with E-state index < -0.39 is 20.4 Å². The molecule has 37 heavy (non-hydrogen) atoms. The van der Waals surface area contributed by atoms with Gasteiger partial charge in [0, 0.05) is 22.7 Å². The standard InChI is InChI=1S/C25H33N3O6S2Si/c1-8-11-33-25(32)27-10-9-16(14(27)3)17-12-35-24(26-17)36-21-13(2)19-18(15(4)34-37(5,6)7)22(29)28(19)20(21)23(30)31/h8-9,12-15,18-19H,1,10-11H2,2-7H3,(H,30,31)/t13-,14+,15-,18-,19-/m1/s1. The van der Waals surface area contributed by atoms with Crippen molar-refractivity contribution in [3.05, 3.63) is 40.4 Å². The van der Waals surface area contributed by atoms with E-state index in [1.165, 1.54) is 34.1 Å². The molecule has 1 saturated heterocycles. The third-order valence-corrected chi connectivity index (χ3v) is 10.1. The first-order chi connectivity index (χ1) is 17.4. The molecule has 0 spiro atoms. The highest BCUT2D eigenvalue weighted by Gasteiger charge is 2.60. The molecule has 0 radical (unpaired) electrons. The molecular formula is C25H33N3O6S2Si. The van der Waals surface area contributed by atoms with E-state index in [9.17, 15) is 19.5 Å². The van der Waals surface area contributed by atoms with Gasteiger partial charge in [-0.2, -0.15) is 0 Å². The molecule has 1 aromatic rings. The van der Waals surface area contributed by atoms with Crippen LogP contribution < -0.4 is 0 Å². The minimum Gasteiger partial charge on any atom is -0.477 e. The van der Waals surface area contributed by atoms with Crippen LogP contribution in [-0.4, -0.2) is 77.5 Å². The van der Waals surface area contributed by atoms with Crippen molar-refractivity contribution < 1.29 is 28.7 Å². The maximum Gasteiger partial charge on any atom is 0.410 e. The first kappa shape index (κ1) is 27.6. The molecule has 1 fully saturated rings. The molecular weight excluding hydrogens is 531 g/mol. The van der Waals surface area contributed by atoms with E-state index in [1.807, 2.05) is 32.2 Å². The molecule has 1 aromatic heterocycles. The molecule has 2 amide bonds. The van der Waals surface area contributed by atoms with Gasteiger partial charge in [0.15, 0.2) is 12.7 Å². The lowest BCUT2D eigenvalue weighted by Crippen LogP contribution is -2.64. The molecule has 0 saturated carbocycles. The fourth-order valence-electron chi connectivity index (χ4n) is 5.26. The number of aromatic nitrogens is 1. The molecule has 12 heteroatoms. The third-order valence-electron chi connectivity index (χ3n) is 6.80. The van der Waals surface area contributed by atoms with Crippen LogP contribution in [0.25, 0.3) is 5.57 Å². The van der Waals surface area contributed by atoms with Gasteiger partial charge in [-0.15, -0.1) is 11.3 Å². The Bertz CT molecular complexity index is 1190. The molecule has 3 aliphatic rings. The second kappa shape index (κ2) is 10.4. The molecule has 4 rings (SSSR count). The Morgan fingerprint density at radius 1 is 1.38 bits per heavy atom. The monoisotopic (exact) mass is 563 g/mol. The number of aliphatic carboxylic acids is 1. The molecule has 200 valence electrons. The Balaban J connectivity index is 1.51. The summed E-state index contributed by atoms with van der Waals surface area (Å²) < 4.78 is 12.1. The SMILES string of the molecule is C=CCOC(=O)N1CC=C(c2csc(SC3=C(C(=O)O)N4C(=O)[C@H]([C@@H](C)O[Si](C)(C)C)[C@H]4[C@H]3C)n2)[C@@H]1C. The van der Waals surface area contributed by atoms with Crippen molar-refractivity contribution in [1.82, 2.24) is 14.8 Å². The van der Waals surface area contributed by atoms with E-state index >= 15 is 0 Å². The second-order valence-electron chi connectivity index (χ2n) is 10.4. The largest absolute Gasteiger partial charge is 0.477 e. The molecule has 0 aromatic carbocycles. The number of fused-ring (bicyclic) bond motifs is 1. The summed E-state index contributed by atoms with van der Waals surface area (Å²) in [5, 5.41) is 11.9. The number of β-lactam (4-membered cyclic amide) rings is 1. The minimum atomic E-state index is -1.87. The first-order valence-electron chi connectivity index (χ1n) is 12.2. The van der Waals surface area contributed by atoms with Crippen LogP contribution in [0.4, 0.5) is 4.79 Å². The molecule has 1 N–H and O–H groups in total. The van der Waals surface area contributed by atoms with Crippen molar-refractivity contribution >= 4 is 55.0 Å². The van der Waals surface area contributed by atoms with Gasteiger partial charge in [0.2, 0.25) is 5.91 Å². The smallest absolute Gasteiger partial charge is 0.410 e. The number of carboxylic acid groups (broad SMARTS) is 1. The third kappa shape index (κ3) is 5.16. The molecule has 5 atom stereocenters. The van der Waals surface area contributed by atoms with Gasteiger partial charge < -0.3 is 19.2 Å². The van der Waals surface area contributed by atoms with Crippen LogP contribution in [0.1, 0.15) is 26.5 Å². The van der Waals surface area contributed by atoms with E-state index in [1.54, 1.807) is 4.90 Å². The van der Waals surface area contributed by atoms with E-state index in [2.05, 4.69) is 26.2 Å². The van der Waals surface area contributed by atoms with Crippen LogP contribution in [0.15, 0.2) is 39.1 Å². The van der Waals surface area contributed by atoms with Crippen molar-refractivity contribution in [3.8, 4) is 0 Å². The van der Waals surface area contributed by atoms with Gasteiger partial charge in [-0.25, -0.2) is 14.6 Å². The summed E-state index contributed by atoms with van der Waals surface area (Å²) in [5.41, 5.74) is 1.71. The zero-order valence-electron chi connectivity index (χ0n) is 21.9. The number of rotatable bonds is 9. The molecule has 3 aliphatic heterocycles. The van der Waals surface area contributed by atoms with Gasteiger partial charge in [-0.3, -0.25) is 9.69 Å². The molecule has 0 unspecified atom stereocenters. The van der Waals surface area contributed by atoms with Crippen molar-refractivity contribution in [2.45, 2.75) is 62.9 Å². The number of hydrogen-bond acceptors (Lipinski definition) is 8. The second-order valence-corrected chi connectivity index (χ2v) is 17.0. The molecule has 0 aliphatic carbocycles. The summed E-state index contributed by atoms with van der Waals surface area (Å²) in [5.74, 6) is -1.82. The highest BCUT2D eigenvalue weighted by Crippen LogP contribution is 2.53. The Labute approximate surface area is 226 Å². The van der Waals surface area contributed by atoms with Crippen molar-refractivity contribution in [3.63, 3.8) is 0 Å². The lowest BCUT2D eigenvalue weighted by Gasteiger charge is -2.48. The highest BCUT2D eigenvalue weighted by molar-refractivity contribution is 8.04. The fourth-order valence-corrected chi connectivity index (χ4v) is 8.62. The highest BCUT2D eigenvalue weighted by atomic mass is 32.2.